The summed E-state index contributed by atoms with van der Waals surface area (Å²) in [6, 6.07) is 14.9. The van der Waals surface area contributed by atoms with Crippen molar-refractivity contribution in [1.82, 2.24) is 30.2 Å². The van der Waals surface area contributed by atoms with Gasteiger partial charge in [0.1, 0.15) is 42.9 Å². The molecule has 78 heavy (non-hydrogen) atoms. The quantitative estimate of drug-likeness (QED) is 0.0669. The number of hydrogen-bond donors (Lipinski definition) is 5. The summed E-state index contributed by atoms with van der Waals surface area (Å²) in [7, 11) is 0. The topological polar surface area (TPSA) is 268 Å². The average Bonchev–Trinajstić information content (AvgIpc) is 4.20. The van der Waals surface area contributed by atoms with E-state index in [9.17, 15) is 28.8 Å². The largest absolute Gasteiger partial charge is 0.490 e. The molecule has 2 fully saturated rings. The summed E-state index contributed by atoms with van der Waals surface area (Å²) in [5.41, 5.74) is 3.04. The van der Waals surface area contributed by atoms with Crippen LogP contribution < -0.4 is 40.0 Å². The fourth-order valence-corrected chi connectivity index (χ4v) is 8.26. The molecule has 0 unspecified atom stereocenters. The second-order valence-corrected chi connectivity index (χ2v) is 18.3. The lowest BCUT2D eigenvalue weighted by Gasteiger charge is -2.29. The predicted octanol–water partition coefficient (Wildman–Crippen LogP) is 7.49. The molecule has 5 aliphatic heterocycles. The van der Waals surface area contributed by atoms with Gasteiger partial charge in [-0.15, -0.1) is 12.4 Å². The number of aromatic carboxylic acids is 2. The number of aromatic nitrogens is 4. The molecule has 0 radical (unpaired) electrons. The van der Waals surface area contributed by atoms with E-state index in [4.69, 9.17) is 59.2 Å². The van der Waals surface area contributed by atoms with Crippen molar-refractivity contribution in [2.24, 2.45) is 5.92 Å². The maximum atomic E-state index is 13.0. The summed E-state index contributed by atoms with van der Waals surface area (Å²) in [6.07, 6.45) is 12.7. The first-order valence-corrected chi connectivity index (χ1v) is 25.1. The molecule has 5 N–H and O–H groups in total. The van der Waals surface area contributed by atoms with Gasteiger partial charge in [-0.25, -0.2) is 29.5 Å². The van der Waals surface area contributed by atoms with Gasteiger partial charge in [0, 0.05) is 56.6 Å². The van der Waals surface area contributed by atoms with Gasteiger partial charge in [0.15, 0.2) is 0 Å². The number of hydrogen-bond acceptors (Lipinski definition) is 16. The zero-order chi connectivity index (χ0) is 55.4. The highest BCUT2D eigenvalue weighted by molar-refractivity contribution is 6.66. The number of allylic oxidation sites excluding steroid dienone is 1. The monoisotopic (exact) mass is 1150 g/mol. The average molecular weight is 1150 g/mol. The van der Waals surface area contributed by atoms with Crippen molar-refractivity contribution in [3.05, 3.63) is 150 Å². The highest BCUT2D eigenvalue weighted by Gasteiger charge is 2.30. The number of nitrogens with zero attached hydrogens (tertiary/aromatic N) is 7. The fourth-order valence-electron chi connectivity index (χ4n) is 8.07. The second kappa shape index (κ2) is 30.2. The number of fused-ring (bicyclic) bond motifs is 3. The fraction of sp³-hybridized carbons (Fsp3) is 0.283. The van der Waals surface area contributed by atoms with E-state index in [0.29, 0.717) is 115 Å². The summed E-state index contributed by atoms with van der Waals surface area (Å²) in [4.78, 5) is 89.0. The Morgan fingerprint density at radius 1 is 0.679 bits per heavy atom. The Kier molecular flexibility index (Phi) is 23.6. The van der Waals surface area contributed by atoms with Crippen LogP contribution in [-0.2, 0) is 20.8 Å². The van der Waals surface area contributed by atoms with Crippen LogP contribution in [0.25, 0.3) is 0 Å². The van der Waals surface area contributed by atoms with Gasteiger partial charge in [-0.3, -0.25) is 19.2 Å². The number of carboxylic acid groups (broad SMARTS) is 2. The Morgan fingerprint density at radius 2 is 1.19 bits per heavy atom. The lowest BCUT2D eigenvalue weighted by Crippen LogP contribution is -2.37. The summed E-state index contributed by atoms with van der Waals surface area (Å²) in [6.45, 7) is 16.4. The molecule has 2 aromatic heterocycles. The molecule has 2 atom stereocenters. The predicted molar refractivity (Wildman–Crippen MR) is 298 cm³/mol. The van der Waals surface area contributed by atoms with Gasteiger partial charge in [-0.2, -0.15) is 0 Å². The van der Waals surface area contributed by atoms with E-state index in [1.165, 1.54) is 35.3 Å². The van der Waals surface area contributed by atoms with Crippen molar-refractivity contribution in [1.29, 1.82) is 0 Å². The number of rotatable bonds is 10. The minimum atomic E-state index is -1.02. The third-order valence-electron chi connectivity index (χ3n) is 11.8. The molecule has 21 nitrogen and oxygen atoms in total. The molecule has 10 rings (SSSR count). The molecule has 3 amide bonds. The van der Waals surface area contributed by atoms with Crippen LogP contribution in [0.15, 0.2) is 117 Å². The summed E-state index contributed by atoms with van der Waals surface area (Å²) < 4.78 is 16.3. The number of carbonyl (C=O) groups excluding carboxylic acids is 4. The molecule has 0 saturated carbocycles. The summed E-state index contributed by atoms with van der Waals surface area (Å²) in [5.74, 6) is 0.873. The first-order valence-electron chi connectivity index (χ1n) is 24.0. The van der Waals surface area contributed by atoms with E-state index >= 15 is 0 Å². The van der Waals surface area contributed by atoms with Gasteiger partial charge >= 0.3 is 11.9 Å². The van der Waals surface area contributed by atoms with Crippen LogP contribution in [0, 0.1) is 5.92 Å². The Bertz CT molecular complexity index is 2950. The molecule has 0 spiro atoms. The summed E-state index contributed by atoms with van der Waals surface area (Å²) in [5, 5.41) is 27.7. The van der Waals surface area contributed by atoms with Crippen LogP contribution in [-0.4, -0.2) is 142 Å². The molecule has 5 aromatic rings. The van der Waals surface area contributed by atoms with Gasteiger partial charge in [-0.05, 0) is 110 Å². The first kappa shape index (κ1) is 61.0. The van der Waals surface area contributed by atoms with Crippen LogP contribution >= 0.6 is 47.2 Å². The molecule has 412 valence electrons. The summed E-state index contributed by atoms with van der Waals surface area (Å²) >= 11 is 16.2. The zero-order valence-electron chi connectivity index (χ0n) is 41.9. The highest BCUT2D eigenvalue weighted by Crippen LogP contribution is 2.35. The van der Waals surface area contributed by atoms with Crippen molar-refractivity contribution in [3.8, 4) is 17.2 Å². The second-order valence-electron chi connectivity index (χ2n) is 17.0. The molecule has 5 aliphatic rings. The van der Waals surface area contributed by atoms with E-state index in [0.717, 1.165) is 50.1 Å². The number of benzene rings is 3. The molecule has 25 heteroatoms. The van der Waals surface area contributed by atoms with Crippen molar-refractivity contribution in [3.63, 3.8) is 0 Å². The van der Waals surface area contributed by atoms with Gasteiger partial charge in [-0.1, -0.05) is 42.9 Å². The Balaban J connectivity index is 0.000000196. The molecule has 3 aromatic carbocycles. The maximum Gasteiger partial charge on any atom is 0.335 e. The number of likely N-dealkylation sites (tertiary alicyclic amines) is 1. The van der Waals surface area contributed by atoms with E-state index in [1.54, 1.807) is 66.1 Å². The smallest absolute Gasteiger partial charge is 0.335 e. The first-order chi connectivity index (χ1) is 37.1. The highest BCUT2D eigenvalue weighted by atomic mass is 35.5. The number of halogens is 4. The van der Waals surface area contributed by atoms with Gasteiger partial charge in [0.25, 0.3) is 17.7 Å². The number of nitrogens with one attached hydrogen (secondary N) is 3. The van der Waals surface area contributed by atoms with Crippen LogP contribution in [0.2, 0.25) is 10.0 Å². The maximum absolute atomic E-state index is 13.0. The Labute approximate surface area is 470 Å². The van der Waals surface area contributed by atoms with E-state index in [-0.39, 0.29) is 41.3 Å². The minimum Gasteiger partial charge on any atom is -0.490 e. The van der Waals surface area contributed by atoms with Crippen LogP contribution in [0.5, 0.6) is 17.2 Å². The number of ether oxygens (including phenoxy) is 3. The Morgan fingerprint density at radius 3 is 1.72 bits per heavy atom. The van der Waals surface area contributed by atoms with Crippen molar-refractivity contribution < 1.29 is 53.2 Å². The van der Waals surface area contributed by atoms with Crippen molar-refractivity contribution in [2.45, 2.75) is 25.3 Å². The molecule has 2 saturated heterocycles. The van der Waals surface area contributed by atoms with Crippen LogP contribution in [0.3, 0.4) is 0 Å². The van der Waals surface area contributed by atoms with E-state index < -0.39 is 17.2 Å². The lowest BCUT2D eigenvalue weighted by atomic mass is 10.0. The SMILES string of the molecule is C=CC(=O)Cl.C=CC(=O)N1CCOc2cc(C(=O)N3CC[C@@H](Cc4ncc(Cl)cn4)C3)ccc21.C=CC(=O)N1CCOc2cc(C(=O)O)ccc21.Cl.Clc1cnc(N[C@@H]2CCNC2)nc1.O=C(O)c1ccc2c(c1)OCCN2. The number of amides is 3. The van der Waals surface area contributed by atoms with Crippen LogP contribution in [0.4, 0.5) is 23.0 Å². The molecule has 0 bridgehead atoms. The molecule has 7 heterocycles. The molecular weight excluding hydrogens is 1090 g/mol. The molecular formula is C53H56Cl4N10O11. The Hall–Kier alpha value is -7.82. The minimum absolute atomic E-state index is 0. The normalized spacial score (nSPS) is 16.1. The van der Waals surface area contributed by atoms with E-state index in [1.807, 2.05) is 4.90 Å². The lowest BCUT2D eigenvalue weighted by molar-refractivity contribution is -0.115. The zero-order valence-corrected chi connectivity index (χ0v) is 45.0. The van der Waals surface area contributed by atoms with E-state index in [2.05, 4.69) is 55.6 Å². The van der Waals surface area contributed by atoms with Gasteiger partial charge in [0.2, 0.25) is 11.2 Å². The number of carboxylic acids is 2. The van der Waals surface area contributed by atoms with Gasteiger partial charge in [0.05, 0.1) is 63.7 Å². The number of anilines is 4. The number of carbonyl (C=O) groups is 6. The van der Waals surface area contributed by atoms with Crippen molar-refractivity contribution >= 4 is 105 Å². The van der Waals surface area contributed by atoms with Crippen molar-refractivity contribution in [2.75, 3.05) is 86.1 Å². The van der Waals surface area contributed by atoms with Crippen LogP contribution in [0.1, 0.15) is 49.7 Å². The standard InChI is InChI=1S/C21H21ClN4O3.C12H11NO4.C9H9NO3.C8H11ClN4.C3H3ClO.ClH/c1-2-20(27)26-7-8-29-18-10-15(3-4-17(18)26)21(28)25-6-5-14(13-25)9-19-23-11-16(22)12-24-19;1-2-11(14)13-5-6-17-10-7-8(12(15)16)3-4-9(10)13;11-9(12)6-1-2-7-8(5-6)13-4-3-10-7;9-6-3-11-8(12-4-6)13-7-1-2-10-5-7;1-2-3(4)5;/h2-4,10-12,14H,1,5-9,13H2;2-4,7H,1,5-6H2,(H,15,16);1-2,5,10H,3-4H2,(H,11,12);3-4,7,10H,1-2,5H2,(H,11,12,13);2H,1H2;1H/t14-;;;7-;;/m0..1../s1. The van der Waals surface area contributed by atoms with Gasteiger partial charge < -0.3 is 55.1 Å². The molecule has 0 aliphatic carbocycles. The third-order valence-corrected chi connectivity index (χ3v) is 12.4. The third kappa shape index (κ3) is 17.6.